The monoisotopic (exact) mass is 438 g/mol. The minimum Gasteiger partial charge on any atom is -0.384 e. The molecule has 0 bridgehead atoms. The third-order valence-corrected chi connectivity index (χ3v) is 5.68. The normalized spacial score (nSPS) is 10.8. The van der Waals surface area contributed by atoms with Gasteiger partial charge in [-0.25, -0.2) is 4.79 Å². The van der Waals surface area contributed by atoms with E-state index in [9.17, 15) is 4.79 Å². The van der Waals surface area contributed by atoms with Gasteiger partial charge in [0, 0.05) is 22.4 Å². The molecule has 3 aromatic carbocycles. The van der Waals surface area contributed by atoms with E-state index in [-0.39, 0.29) is 17.4 Å². The zero-order valence-corrected chi connectivity index (χ0v) is 18.4. The van der Waals surface area contributed by atoms with Gasteiger partial charge in [0.1, 0.15) is 11.7 Å². The molecule has 6 N–H and O–H groups in total. The smallest absolute Gasteiger partial charge is 0.329 e. The van der Waals surface area contributed by atoms with Gasteiger partial charge < -0.3 is 11.5 Å². The Morgan fingerprint density at radius 3 is 1.79 bits per heavy atom. The summed E-state index contributed by atoms with van der Waals surface area (Å²) in [7, 11) is 0. The Hall–Kier alpha value is -4.39. The van der Waals surface area contributed by atoms with Crippen LogP contribution in [0.2, 0.25) is 0 Å². The van der Waals surface area contributed by atoms with Crippen LogP contribution < -0.4 is 17.2 Å². The molecule has 7 nitrogen and oxygen atoms in total. The van der Waals surface area contributed by atoms with Crippen LogP contribution in [0.4, 0.5) is 0 Å². The first kappa shape index (κ1) is 21.8. The first-order valence-corrected chi connectivity index (χ1v) is 10.6. The van der Waals surface area contributed by atoms with E-state index in [0.29, 0.717) is 24.2 Å². The average molecular weight is 439 g/mol. The van der Waals surface area contributed by atoms with Crippen molar-refractivity contribution in [1.82, 2.24) is 9.13 Å². The summed E-state index contributed by atoms with van der Waals surface area (Å²) < 4.78 is 3.51. The first-order valence-electron chi connectivity index (χ1n) is 10.6. The molecule has 0 aliphatic heterocycles. The van der Waals surface area contributed by atoms with Crippen molar-refractivity contribution in [1.29, 1.82) is 10.8 Å². The summed E-state index contributed by atoms with van der Waals surface area (Å²) in [5.41, 5.74) is 16.8. The van der Waals surface area contributed by atoms with Crippen molar-refractivity contribution >= 4 is 11.7 Å². The molecular weight excluding hydrogens is 412 g/mol. The quantitative estimate of drug-likeness (QED) is 0.261. The van der Waals surface area contributed by atoms with Crippen LogP contribution >= 0.6 is 0 Å². The standard InChI is InChI=1S/C26H26N6O/c1-17-23(20-9-3-2-4-10-20)32(16-19-8-6-12-22(14-19)25(29)30)26(33)31(17)15-18-7-5-11-21(13-18)24(27)28/h2-14H,15-16H2,1H3,(H3,27,28)(H3,29,30). The topological polar surface area (TPSA) is 127 Å². The molecule has 0 radical (unpaired) electrons. The van der Waals surface area contributed by atoms with Crippen LogP contribution in [-0.2, 0) is 13.1 Å². The third kappa shape index (κ3) is 4.48. The molecule has 0 spiro atoms. The Morgan fingerprint density at radius 1 is 0.758 bits per heavy atom. The van der Waals surface area contributed by atoms with E-state index in [1.807, 2.05) is 73.7 Å². The number of nitrogen functional groups attached to an aromatic ring is 2. The second-order valence-electron chi connectivity index (χ2n) is 7.98. The van der Waals surface area contributed by atoms with Gasteiger partial charge in [-0.2, -0.15) is 0 Å². The van der Waals surface area contributed by atoms with Gasteiger partial charge in [0.2, 0.25) is 0 Å². The van der Waals surface area contributed by atoms with Gasteiger partial charge in [-0.05, 0) is 30.2 Å². The number of hydrogen-bond donors (Lipinski definition) is 4. The van der Waals surface area contributed by atoms with Crippen molar-refractivity contribution in [2.75, 3.05) is 0 Å². The van der Waals surface area contributed by atoms with Crippen molar-refractivity contribution in [2.45, 2.75) is 20.0 Å². The predicted octanol–water partition coefficient (Wildman–Crippen LogP) is 3.29. The Labute approximate surface area is 191 Å². The Kier molecular flexibility index (Phi) is 5.95. The zero-order valence-electron chi connectivity index (χ0n) is 18.4. The van der Waals surface area contributed by atoms with E-state index in [0.717, 1.165) is 28.1 Å². The lowest BCUT2D eigenvalue weighted by molar-refractivity contribution is 0.678. The highest BCUT2D eigenvalue weighted by molar-refractivity contribution is 5.95. The van der Waals surface area contributed by atoms with Crippen LogP contribution in [0, 0.1) is 17.7 Å². The average Bonchev–Trinajstić information content (AvgIpc) is 3.04. The van der Waals surface area contributed by atoms with Crippen LogP contribution in [0.1, 0.15) is 27.9 Å². The molecule has 0 unspecified atom stereocenters. The summed E-state index contributed by atoms with van der Waals surface area (Å²) >= 11 is 0. The molecule has 0 fully saturated rings. The van der Waals surface area contributed by atoms with E-state index in [1.54, 1.807) is 21.3 Å². The molecule has 4 aromatic rings. The molecule has 166 valence electrons. The minimum atomic E-state index is -0.132. The van der Waals surface area contributed by atoms with Crippen molar-refractivity contribution in [3.8, 4) is 11.3 Å². The number of amidine groups is 2. The molecule has 0 saturated heterocycles. The summed E-state index contributed by atoms with van der Waals surface area (Å²) in [6.07, 6.45) is 0. The maximum absolute atomic E-state index is 13.6. The minimum absolute atomic E-state index is 0.00573. The van der Waals surface area contributed by atoms with Gasteiger partial charge in [-0.3, -0.25) is 20.0 Å². The number of hydrogen-bond acceptors (Lipinski definition) is 3. The van der Waals surface area contributed by atoms with Crippen LogP contribution in [0.3, 0.4) is 0 Å². The fourth-order valence-electron chi connectivity index (χ4n) is 4.04. The SMILES string of the molecule is Cc1c(-c2ccccc2)n(Cc2cccc(C(=N)N)c2)c(=O)n1Cc1cccc(C(=N)N)c1. The van der Waals surface area contributed by atoms with Gasteiger partial charge in [-0.15, -0.1) is 0 Å². The fraction of sp³-hybridized carbons (Fsp3) is 0.115. The number of imidazole rings is 1. The number of aromatic nitrogens is 2. The summed E-state index contributed by atoms with van der Waals surface area (Å²) in [4.78, 5) is 13.6. The number of nitrogens with zero attached hydrogens (tertiary/aromatic N) is 2. The van der Waals surface area contributed by atoms with Gasteiger partial charge in [0.25, 0.3) is 0 Å². The van der Waals surface area contributed by atoms with Gasteiger partial charge >= 0.3 is 5.69 Å². The molecule has 33 heavy (non-hydrogen) atoms. The van der Waals surface area contributed by atoms with Crippen molar-refractivity contribution in [2.24, 2.45) is 11.5 Å². The van der Waals surface area contributed by atoms with E-state index >= 15 is 0 Å². The molecular formula is C26H26N6O. The predicted molar refractivity (Wildman–Crippen MR) is 132 cm³/mol. The lowest BCUT2D eigenvalue weighted by atomic mass is 10.1. The van der Waals surface area contributed by atoms with E-state index in [2.05, 4.69) is 0 Å². The number of benzene rings is 3. The number of nitrogens with one attached hydrogen (secondary N) is 2. The van der Waals surface area contributed by atoms with Crippen molar-refractivity contribution in [3.05, 3.63) is 117 Å². The Morgan fingerprint density at radius 2 is 1.27 bits per heavy atom. The Balaban J connectivity index is 1.83. The van der Waals surface area contributed by atoms with Gasteiger partial charge in [0.05, 0.1) is 18.8 Å². The van der Waals surface area contributed by atoms with E-state index < -0.39 is 0 Å². The Bertz CT molecular complexity index is 1400. The fourth-order valence-corrected chi connectivity index (χ4v) is 4.04. The number of nitrogens with two attached hydrogens (primary N) is 2. The van der Waals surface area contributed by atoms with Crippen LogP contribution in [0.5, 0.6) is 0 Å². The lowest BCUT2D eigenvalue weighted by Crippen LogP contribution is -2.26. The molecule has 4 rings (SSSR count). The first-order chi connectivity index (χ1) is 15.8. The molecule has 0 amide bonds. The van der Waals surface area contributed by atoms with Crippen LogP contribution in [0.15, 0.2) is 83.7 Å². The molecule has 0 aliphatic carbocycles. The summed E-state index contributed by atoms with van der Waals surface area (Å²) in [6, 6.07) is 24.6. The molecule has 0 aliphatic rings. The number of rotatable bonds is 7. The molecule has 7 heteroatoms. The maximum atomic E-state index is 13.6. The molecule has 0 saturated carbocycles. The van der Waals surface area contributed by atoms with E-state index in [1.165, 1.54) is 0 Å². The van der Waals surface area contributed by atoms with Crippen LogP contribution in [-0.4, -0.2) is 20.8 Å². The maximum Gasteiger partial charge on any atom is 0.329 e. The van der Waals surface area contributed by atoms with Crippen molar-refractivity contribution in [3.63, 3.8) is 0 Å². The third-order valence-electron chi connectivity index (χ3n) is 5.68. The van der Waals surface area contributed by atoms with Crippen LogP contribution in [0.25, 0.3) is 11.3 Å². The second kappa shape index (κ2) is 9.00. The summed E-state index contributed by atoms with van der Waals surface area (Å²) in [5, 5.41) is 15.4. The van der Waals surface area contributed by atoms with Crippen molar-refractivity contribution < 1.29 is 0 Å². The molecule has 1 aromatic heterocycles. The molecule has 0 atom stereocenters. The highest BCUT2D eigenvalue weighted by Crippen LogP contribution is 2.24. The van der Waals surface area contributed by atoms with Gasteiger partial charge in [-0.1, -0.05) is 66.7 Å². The highest BCUT2D eigenvalue weighted by atomic mass is 16.1. The second-order valence-corrected chi connectivity index (χ2v) is 7.98. The zero-order chi connectivity index (χ0) is 23.5. The lowest BCUT2D eigenvalue weighted by Gasteiger charge is -2.10. The summed E-state index contributed by atoms with van der Waals surface area (Å²) in [6.45, 7) is 2.67. The largest absolute Gasteiger partial charge is 0.384 e. The summed E-state index contributed by atoms with van der Waals surface area (Å²) in [5.74, 6) is -0.0135. The highest BCUT2D eigenvalue weighted by Gasteiger charge is 2.19. The molecule has 1 heterocycles. The van der Waals surface area contributed by atoms with Gasteiger partial charge in [0.15, 0.2) is 0 Å². The van der Waals surface area contributed by atoms with E-state index in [4.69, 9.17) is 22.3 Å².